The van der Waals surface area contributed by atoms with E-state index in [9.17, 15) is 23.6 Å². The van der Waals surface area contributed by atoms with Gasteiger partial charge >= 0.3 is 0 Å². The molecule has 1 atom stereocenters. The first-order valence-electron chi connectivity index (χ1n) is 12.8. The normalized spacial score (nSPS) is 14.1. The number of rotatable bonds is 8. The van der Waals surface area contributed by atoms with Crippen LogP contribution >= 0.6 is 0 Å². The molecule has 2 heterocycles. The van der Waals surface area contributed by atoms with Gasteiger partial charge in [-0.15, -0.1) is 0 Å². The van der Waals surface area contributed by atoms with Crippen LogP contribution < -0.4 is 5.56 Å². The number of benzene rings is 2. The van der Waals surface area contributed by atoms with Crippen LogP contribution in [0.5, 0.6) is 5.88 Å². The Balaban J connectivity index is 1.64. The molecule has 9 heteroatoms. The van der Waals surface area contributed by atoms with Gasteiger partial charge in [0.25, 0.3) is 5.56 Å². The topological polar surface area (TPSA) is 126 Å². The number of aromatic hydroxyl groups is 1. The Morgan fingerprint density at radius 1 is 1.15 bits per heavy atom. The SMILES string of the molecule is CCC(c1cccc(C#N)c1)n1c(CC2CC2)nc(=O)c(S(=O)(=O)c2ccc(-c3ccncc3C)cc2)c1O. The summed E-state index contributed by atoms with van der Waals surface area (Å²) in [6.07, 6.45) is 6.30. The zero-order valence-electron chi connectivity index (χ0n) is 21.7. The summed E-state index contributed by atoms with van der Waals surface area (Å²) in [5.41, 5.74) is 2.84. The minimum absolute atomic E-state index is 0.117. The molecule has 0 radical (unpaired) electrons. The molecule has 1 N–H and O–H groups in total. The number of hydrogen-bond donors (Lipinski definition) is 1. The lowest BCUT2D eigenvalue weighted by Crippen LogP contribution is -2.27. The van der Waals surface area contributed by atoms with E-state index in [0.717, 1.165) is 35.1 Å². The van der Waals surface area contributed by atoms with Gasteiger partial charge in [0.15, 0.2) is 4.90 Å². The lowest BCUT2D eigenvalue weighted by Gasteiger charge is -2.25. The maximum atomic E-state index is 13.8. The van der Waals surface area contributed by atoms with Crippen molar-refractivity contribution in [3.63, 3.8) is 0 Å². The number of aryl methyl sites for hydroxylation is 1. The Morgan fingerprint density at radius 2 is 1.90 bits per heavy atom. The highest BCUT2D eigenvalue weighted by Gasteiger charge is 2.34. The molecule has 39 heavy (non-hydrogen) atoms. The summed E-state index contributed by atoms with van der Waals surface area (Å²) >= 11 is 0. The molecule has 1 aliphatic carbocycles. The van der Waals surface area contributed by atoms with Crippen molar-refractivity contribution in [2.75, 3.05) is 0 Å². The quantitative estimate of drug-likeness (QED) is 0.334. The summed E-state index contributed by atoms with van der Waals surface area (Å²) < 4.78 is 29.0. The highest BCUT2D eigenvalue weighted by Crippen LogP contribution is 2.37. The first-order valence-corrected chi connectivity index (χ1v) is 14.3. The van der Waals surface area contributed by atoms with E-state index in [-0.39, 0.29) is 4.90 Å². The predicted octanol–water partition coefficient (Wildman–Crippen LogP) is 4.98. The number of sulfone groups is 1. The van der Waals surface area contributed by atoms with Crippen LogP contribution in [0.25, 0.3) is 11.1 Å². The van der Waals surface area contributed by atoms with Crippen LogP contribution in [0.3, 0.4) is 0 Å². The van der Waals surface area contributed by atoms with Gasteiger partial charge in [0, 0.05) is 18.8 Å². The van der Waals surface area contributed by atoms with E-state index >= 15 is 0 Å². The van der Waals surface area contributed by atoms with Gasteiger partial charge in [0.2, 0.25) is 15.7 Å². The Bertz CT molecular complexity index is 1750. The fourth-order valence-corrected chi connectivity index (χ4v) is 6.29. The second-order valence-electron chi connectivity index (χ2n) is 9.88. The van der Waals surface area contributed by atoms with Crippen LogP contribution in [0, 0.1) is 24.2 Å². The van der Waals surface area contributed by atoms with E-state index < -0.39 is 32.2 Å². The lowest BCUT2D eigenvalue weighted by molar-refractivity contribution is 0.357. The number of nitrogens with zero attached hydrogens (tertiary/aromatic N) is 4. The van der Waals surface area contributed by atoms with E-state index in [1.54, 1.807) is 42.7 Å². The largest absolute Gasteiger partial charge is 0.493 e. The van der Waals surface area contributed by atoms with E-state index in [0.29, 0.717) is 30.1 Å². The lowest BCUT2D eigenvalue weighted by atomic mass is 10.0. The van der Waals surface area contributed by atoms with Gasteiger partial charge in [0.05, 0.1) is 22.6 Å². The molecule has 0 saturated heterocycles. The second-order valence-corrected chi connectivity index (χ2v) is 11.8. The summed E-state index contributed by atoms with van der Waals surface area (Å²) in [7, 11) is -4.41. The van der Waals surface area contributed by atoms with Gasteiger partial charge in [0.1, 0.15) is 5.82 Å². The van der Waals surface area contributed by atoms with Crippen molar-refractivity contribution >= 4 is 9.84 Å². The van der Waals surface area contributed by atoms with Crippen molar-refractivity contribution in [2.45, 2.75) is 55.4 Å². The third kappa shape index (κ3) is 5.08. The second kappa shape index (κ2) is 10.5. The number of nitriles is 1. The van der Waals surface area contributed by atoms with E-state index in [2.05, 4.69) is 16.0 Å². The van der Waals surface area contributed by atoms with Crippen molar-refractivity contribution in [3.05, 3.63) is 99.9 Å². The number of aromatic nitrogens is 3. The van der Waals surface area contributed by atoms with Gasteiger partial charge in [-0.1, -0.05) is 31.2 Å². The van der Waals surface area contributed by atoms with Gasteiger partial charge in [-0.2, -0.15) is 10.2 Å². The van der Waals surface area contributed by atoms with Crippen molar-refractivity contribution in [1.82, 2.24) is 14.5 Å². The molecule has 4 aromatic rings. The van der Waals surface area contributed by atoms with E-state index in [1.807, 2.05) is 26.0 Å². The summed E-state index contributed by atoms with van der Waals surface area (Å²) in [5, 5.41) is 20.9. The maximum absolute atomic E-state index is 13.8. The first kappa shape index (κ1) is 26.3. The van der Waals surface area contributed by atoms with Crippen LogP contribution in [0.1, 0.15) is 54.7 Å². The monoisotopic (exact) mass is 540 g/mol. The molecule has 1 aliphatic rings. The molecular weight excluding hydrogens is 512 g/mol. The van der Waals surface area contributed by atoms with E-state index in [4.69, 9.17) is 0 Å². The van der Waals surface area contributed by atoms with Gasteiger partial charge in [-0.05, 0) is 84.7 Å². The predicted molar refractivity (Wildman–Crippen MR) is 146 cm³/mol. The van der Waals surface area contributed by atoms with Crippen molar-refractivity contribution < 1.29 is 13.5 Å². The van der Waals surface area contributed by atoms with Crippen LogP contribution in [0.4, 0.5) is 0 Å². The minimum atomic E-state index is -4.41. The molecule has 0 spiro atoms. The van der Waals surface area contributed by atoms with Crippen LogP contribution in [-0.4, -0.2) is 28.1 Å². The van der Waals surface area contributed by atoms with E-state index in [1.165, 1.54) is 16.7 Å². The summed E-state index contributed by atoms with van der Waals surface area (Å²) in [6.45, 7) is 3.81. The van der Waals surface area contributed by atoms with Crippen molar-refractivity contribution in [2.24, 2.45) is 5.92 Å². The Kier molecular flexibility index (Phi) is 7.06. The molecule has 1 unspecified atom stereocenters. The smallest absolute Gasteiger partial charge is 0.296 e. The van der Waals surface area contributed by atoms with Crippen LogP contribution in [0.15, 0.2) is 81.6 Å². The molecule has 0 bridgehead atoms. The van der Waals surface area contributed by atoms with Crippen LogP contribution in [-0.2, 0) is 16.3 Å². The molecule has 5 rings (SSSR count). The Hall–Kier alpha value is -4.29. The molecule has 1 fully saturated rings. The summed E-state index contributed by atoms with van der Waals surface area (Å²) in [5.74, 6) is 0.0442. The van der Waals surface area contributed by atoms with Gasteiger partial charge in [-0.3, -0.25) is 14.3 Å². The molecule has 1 saturated carbocycles. The summed E-state index contributed by atoms with van der Waals surface area (Å²) in [4.78, 5) is 20.6. The zero-order chi connectivity index (χ0) is 27.7. The fraction of sp³-hybridized carbons (Fsp3) is 0.267. The van der Waals surface area contributed by atoms with Crippen molar-refractivity contribution in [1.29, 1.82) is 5.26 Å². The van der Waals surface area contributed by atoms with Crippen LogP contribution in [0.2, 0.25) is 0 Å². The third-order valence-electron chi connectivity index (χ3n) is 7.17. The number of pyridine rings is 1. The Morgan fingerprint density at radius 3 is 2.54 bits per heavy atom. The molecule has 8 nitrogen and oxygen atoms in total. The average Bonchev–Trinajstić information content (AvgIpc) is 3.75. The molecule has 0 aliphatic heterocycles. The maximum Gasteiger partial charge on any atom is 0.296 e. The molecule has 198 valence electrons. The zero-order valence-corrected chi connectivity index (χ0v) is 22.5. The molecule has 0 amide bonds. The third-order valence-corrected chi connectivity index (χ3v) is 8.95. The molecule has 2 aromatic carbocycles. The van der Waals surface area contributed by atoms with Gasteiger partial charge < -0.3 is 5.11 Å². The number of hydrogen-bond acceptors (Lipinski definition) is 7. The molecular formula is C30H28N4O4S. The minimum Gasteiger partial charge on any atom is -0.493 e. The highest BCUT2D eigenvalue weighted by molar-refractivity contribution is 7.91. The summed E-state index contributed by atoms with van der Waals surface area (Å²) in [6, 6.07) is 16.6. The fourth-order valence-electron chi connectivity index (χ4n) is 4.95. The van der Waals surface area contributed by atoms with Gasteiger partial charge in [-0.25, -0.2) is 8.42 Å². The van der Waals surface area contributed by atoms with Crippen molar-refractivity contribution in [3.8, 4) is 23.1 Å². The molecule has 2 aromatic heterocycles. The first-order chi connectivity index (χ1) is 18.7. The Labute approximate surface area is 227 Å². The highest BCUT2D eigenvalue weighted by atomic mass is 32.2. The standard InChI is InChI=1S/C30H28N4O4S/c1-3-26(23-6-4-5-21(15-23)17-31)34-27(16-20-7-8-20)33-29(35)28(30(34)36)39(37,38)24-11-9-22(10-12-24)25-13-14-32-18-19(25)2/h4-6,9-15,18,20,26,36H,3,7-8,16H2,1-2H3. The average molecular weight is 541 g/mol.